The van der Waals surface area contributed by atoms with Crippen LogP contribution in [-0.2, 0) is 22.5 Å². The molecule has 2 N–H and O–H groups in total. The van der Waals surface area contributed by atoms with Crippen molar-refractivity contribution in [2.24, 2.45) is 5.73 Å². The van der Waals surface area contributed by atoms with Crippen molar-refractivity contribution in [1.29, 1.82) is 5.26 Å². The van der Waals surface area contributed by atoms with E-state index in [1.165, 1.54) is 12.1 Å². The predicted molar refractivity (Wildman–Crippen MR) is 66.7 cm³/mol. The first-order chi connectivity index (χ1) is 9.32. The van der Waals surface area contributed by atoms with Gasteiger partial charge in [-0.3, -0.25) is 4.79 Å². The smallest absolute Gasteiger partial charge is 0.446 e. The fourth-order valence-corrected chi connectivity index (χ4v) is 2.35. The van der Waals surface area contributed by atoms with E-state index >= 15 is 0 Å². The molecule has 0 spiro atoms. The fourth-order valence-electron chi connectivity index (χ4n) is 1.56. The van der Waals surface area contributed by atoms with Gasteiger partial charge < -0.3 is 10.5 Å². The molecule has 4 nitrogen and oxygen atoms in total. The topological polar surface area (TPSA) is 76.1 Å². The zero-order valence-corrected chi connectivity index (χ0v) is 11.3. The van der Waals surface area contributed by atoms with Gasteiger partial charge in [0, 0.05) is 11.4 Å². The number of nitrogens with zero attached hydrogens (tertiary/aromatic N) is 1. The van der Waals surface area contributed by atoms with Crippen molar-refractivity contribution in [3.05, 3.63) is 28.8 Å². The molecule has 0 heterocycles. The van der Waals surface area contributed by atoms with Gasteiger partial charge in [-0.25, -0.2) is 0 Å². The highest BCUT2D eigenvalue weighted by molar-refractivity contribution is 8.00. The van der Waals surface area contributed by atoms with Gasteiger partial charge in [-0.15, -0.1) is 0 Å². The van der Waals surface area contributed by atoms with Crippen LogP contribution in [0.15, 0.2) is 17.0 Å². The van der Waals surface area contributed by atoms with E-state index in [9.17, 15) is 18.0 Å². The monoisotopic (exact) mass is 304 g/mol. The third kappa shape index (κ3) is 4.15. The lowest BCUT2D eigenvalue weighted by molar-refractivity contribution is -0.139. The largest absolute Gasteiger partial charge is 0.469 e. The summed E-state index contributed by atoms with van der Waals surface area (Å²) < 4.78 is 42.1. The van der Waals surface area contributed by atoms with E-state index in [4.69, 9.17) is 11.0 Å². The molecule has 1 aromatic carbocycles. The molecule has 0 aliphatic carbocycles. The summed E-state index contributed by atoms with van der Waals surface area (Å²) in [6, 6.07) is 4.50. The summed E-state index contributed by atoms with van der Waals surface area (Å²) in [5.41, 5.74) is 1.04. The van der Waals surface area contributed by atoms with Crippen molar-refractivity contribution in [3.8, 4) is 6.07 Å². The van der Waals surface area contributed by atoms with Gasteiger partial charge in [0.2, 0.25) is 0 Å². The lowest BCUT2D eigenvalue weighted by Crippen LogP contribution is -2.10. The first-order valence-electron chi connectivity index (χ1n) is 5.39. The van der Waals surface area contributed by atoms with Crippen LogP contribution in [0.4, 0.5) is 13.2 Å². The lowest BCUT2D eigenvalue weighted by Gasteiger charge is -2.14. The summed E-state index contributed by atoms with van der Waals surface area (Å²) in [6.45, 7) is -0.133. The molecule has 1 rings (SSSR count). The Morgan fingerprint density at radius 1 is 1.45 bits per heavy atom. The highest BCUT2D eigenvalue weighted by atomic mass is 32.2. The Balaban J connectivity index is 3.34. The number of carbonyl (C=O) groups excluding carboxylic acids is 1. The molecule has 0 unspecified atom stereocenters. The van der Waals surface area contributed by atoms with Crippen LogP contribution in [-0.4, -0.2) is 18.6 Å². The molecule has 1 aromatic rings. The van der Waals surface area contributed by atoms with Crippen molar-refractivity contribution in [1.82, 2.24) is 0 Å². The average molecular weight is 304 g/mol. The molecule has 0 aromatic heterocycles. The van der Waals surface area contributed by atoms with Crippen molar-refractivity contribution < 1.29 is 22.7 Å². The third-order valence-electron chi connectivity index (χ3n) is 2.44. The van der Waals surface area contributed by atoms with Crippen LogP contribution in [0.5, 0.6) is 0 Å². The van der Waals surface area contributed by atoms with Gasteiger partial charge in [0.15, 0.2) is 0 Å². The van der Waals surface area contributed by atoms with Gasteiger partial charge in [-0.1, -0.05) is 12.1 Å². The number of hydrogen-bond donors (Lipinski definition) is 1. The second-order valence-electron chi connectivity index (χ2n) is 3.70. The Morgan fingerprint density at radius 2 is 2.05 bits per heavy atom. The number of nitrogens with two attached hydrogens (primary N) is 1. The number of ether oxygens (including phenoxy) is 1. The summed E-state index contributed by atoms with van der Waals surface area (Å²) in [6.07, 6.45) is -0.268. The van der Waals surface area contributed by atoms with E-state index in [1.807, 2.05) is 0 Å². The average Bonchev–Trinajstić information content (AvgIpc) is 2.37. The number of hydrogen-bond acceptors (Lipinski definition) is 5. The number of halogens is 3. The molecule has 108 valence electrons. The van der Waals surface area contributed by atoms with Crippen molar-refractivity contribution in [2.75, 3.05) is 7.11 Å². The minimum Gasteiger partial charge on any atom is -0.469 e. The Bertz CT molecular complexity index is 553. The van der Waals surface area contributed by atoms with Gasteiger partial charge in [0.05, 0.1) is 19.1 Å². The maximum absolute atomic E-state index is 12.6. The van der Waals surface area contributed by atoms with E-state index < -0.39 is 23.2 Å². The Hall–Kier alpha value is -1.72. The molecule has 0 aliphatic rings. The van der Waals surface area contributed by atoms with E-state index in [2.05, 4.69) is 4.74 Å². The Kier molecular flexibility index (Phi) is 5.42. The SMILES string of the molecule is COC(=O)Cc1ccc(CN)c(SC(F)(F)F)c1C#N. The first-order valence-corrected chi connectivity index (χ1v) is 6.21. The molecule has 0 radical (unpaired) electrons. The molecule has 0 fully saturated rings. The first kappa shape index (κ1) is 16.3. The summed E-state index contributed by atoms with van der Waals surface area (Å²) >= 11 is -0.403. The molecular formula is C12H11F3N2O2S. The quantitative estimate of drug-likeness (QED) is 0.682. The molecule has 0 amide bonds. The molecule has 0 saturated heterocycles. The normalized spacial score (nSPS) is 11.0. The van der Waals surface area contributed by atoms with Crippen molar-refractivity contribution >= 4 is 17.7 Å². The molecule has 8 heteroatoms. The number of esters is 1. The van der Waals surface area contributed by atoms with Crippen LogP contribution in [0.2, 0.25) is 0 Å². The summed E-state index contributed by atoms with van der Waals surface area (Å²) in [5.74, 6) is -0.634. The van der Waals surface area contributed by atoms with Crippen LogP contribution in [0.3, 0.4) is 0 Å². The van der Waals surface area contributed by atoms with Gasteiger partial charge in [0.25, 0.3) is 0 Å². The minimum absolute atomic E-state index is 0.133. The van der Waals surface area contributed by atoms with Crippen LogP contribution in [0, 0.1) is 11.3 Å². The van der Waals surface area contributed by atoms with Crippen molar-refractivity contribution in [2.45, 2.75) is 23.4 Å². The molecule has 20 heavy (non-hydrogen) atoms. The Morgan fingerprint density at radius 3 is 2.50 bits per heavy atom. The molecule has 0 bridgehead atoms. The van der Waals surface area contributed by atoms with Crippen LogP contribution < -0.4 is 5.73 Å². The predicted octanol–water partition coefficient (Wildman–Crippen LogP) is 2.34. The second-order valence-corrected chi connectivity index (χ2v) is 4.78. The van der Waals surface area contributed by atoms with Gasteiger partial charge in [-0.05, 0) is 22.9 Å². The van der Waals surface area contributed by atoms with Crippen LogP contribution in [0.25, 0.3) is 0 Å². The fraction of sp³-hybridized carbons (Fsp3) is 0.333. The third-order valence-corrected chi connectivity index (χ3v) is 3.34. The van der Waals surface area contributed by atoms with E-state index in [-0.39, 0.29) is 34.6 Å². The van der Waals surface area contributed by atoms with E-state index in [1.54, 1.807) is 6.07 Å². The molecule has 0 aliphatic heterocycles. The van der Waals surface area contributed by atoms with Gasteiger partial charge in [0.1, 0.15) is 6.07 Å². The number of alkyl halides is 3. The van der Waals surface area contributed by atoms with E-state index in [0.717, 1.165) is 7.11 Å². The molecule has 0 saturated carbocycles. The van der Waals surface area contributed by atoms with Crippen LogP contribution >= 0.6 is 11.8 Å². The maximum atomic E-state index is 12.6. The zero-order valence-electron chi connectivity index (χ0n) is 10.5. The number of rotatable bonds is 4. The van der Waals surface area contributed by atoms with Gasteiger partial charge in [-0.2, -0.15) is 18.4 Å². The lowest BCUT2D eigenvalue weighted by atomic mass is 10.0. The zero-order chi connectivity index (χ0) is 15.3. The summed E-state index contributed by atoms with van der Waals surface area (Å²) in [5, 5.41) is 9.08. The summed E-state index contributed by atoms with van der Waals surface area (Å²) in [7, 11) is 1.16. The number of nitriles is 1. The van der Waals surface area contributed by atoms with Crippen LogP contribution in [0.1, 0.15) is 16.7 Å². The Labute approximate surface area is 117 Å². The number of methoxy groups -OCH3 is 1. The number of carbonyl (C=O) groups is 1. The minimum atomic E-state index is -4.54. The number of benzene rings is 1. The second kappa shape index (κ2) is 6.63. The number of thioether (sulfide) groups is 1. The van der Waals surface area contributed by atoms with E-state index in [0.29, 0.717) is 0 Å². The maximum Gasteiger partial charge on any atom is 0.446 e. The van der Waals surface area contributed by atoms with Crippen molar-refractivity contribution in [3.63, 3.8) is 0 Å². The van der Waals surface area contributed by atoms with Gasteiger partial charge >= 0.3 is 11.5 Å². The summed E-state index contributed by atoms with van der Waals surface area (Å²) in [4.78, 5) is 11.0. The highest BCUT2D eigenvalue weighted by Crippen LogP contribution is 2.41. The molecule has 0 atom stereocenters. The molecular weight excluding hydrogens is 293 g/mol. The highest BCUT2D eigenvalue weighted by Gasteiger charge is 2.32. The standard InChI is InChI=1S/C12H11F3N2O2S/c1-19-10(18)4-7-2-3-8(5-16)11(9(7)6-17)20-12(13,14)15/h2-3H,4-5,16H2,1H3.